The molecule has 0 heterocycles. The zero-order valence-electron chi connectivity index (χ0n) is 9.45. The molecule has 0 atom stereocenters. The van der Waals surface area contributed by atoms with Gasteiger partial charge in [0.15, 0.2) is 5.75 Å². The van der Waals surface area contributed by atoms with Crippen molar-refractivity contribution in [2.75, 3.05) is 5.73 Å². The van der Waals surface area contributed by atoms with E-state index in [-0.39, 0.29) is 27.1 Å². The van der Waals surface area contributed by atoms with E-state index in [1.807, 2.05) is 0 Å². The van der Waals surface area contributed by atoms with Crippen molar-refractivity contribution in [3.05, 3.63) is 51.8 Å². The molecule has 2 aromatic carbocycles. The molecule has 0 unspecified atom stereocenters. The van der Waals surface area contributed by atoms with E-state index < -0.39 is 5.82 Å². The van der Waals surface area contributed by atoms with E-state index in [1.165, 1.54) is 24.3 Å². The molecular formula is C13H7Cl2FN2O. The van der Waals surface area contributed by atoms with Crippen LogP contribution in [-0.2, 0) is 0 Å². The second-order valence-corrected chi connectivity index (χ2v) is 4.45. The van der Waals surface area contributed by atoms with Gasteiger partial charge >= 0.3 is 0 Å². The molecule has 0 aromatic heterocycles. The fourth-order valence-electron chi connectivity index (χ4n) is 1.48. The van der Waals surface area contributed by atoms with E-state index in [4.69, 9.17) is 38.9 Å². The fourth-order valence-corrected chi connectivity index (χ4v) is 2.07. The van der Waals surface area contributed by atoms with Gasteiger partial charge in [-0.3, -0.25) is 0 Å². The summed E-state index contributed by atoms with van der Waals surface area (Å²) in [4.78, 5) is 0. The highest BCUT2D eigenvalue weighted by Crippen LogP contribution is 2.39. The van der Waals surface area contributed by atoms with Gasteiger partial charge in [-0.25, -0.2) is 4.39 Å². The Labute approximate surface area is 118 Å². The molecule has 2 aromatic rings. The second-order valence-electron chi connectivity index (χ2n) is 3.64. The largest absolute Gasteiger partial charge is 0.453 e. The molecule has 0 aliphatic carbocycles. The minimum Gasteiger partial charge on any atom is -0.453 e. The SMILES string of the molecule is N#Cc1c(F)cccc1Oc1c(Cl)cc(N)cc1Cl. The van der Waals surface area contributed by atoms with Gasteiger partial charge in [-0.05, 0) is 24.3 Å². The summed E-state index contributed by atoms with van der Waals surface area (Å²) in [7, 11) is 0. The van der Waals surface area contributed by atoms with Crippen LogP contribution in [-0.4, -0.2) is 0 Å². The Balaban J connectivity index is 2.49. The van der Waals surface area contributed by atoms with Crippen molar-refractivity contribution in [2.45, 2.75) is 0 Å². The first-order valence-electron chi connectivity index (χ1n) is 5.14. The third-order valence-electron chi connectivity index (χ3n) is 2.32. The number of halogens is 3. The van der Waals surface area contributed by atoms with Gasteiger partial charge in [0.1, 0.15) is 23.2 Å². The average Bonchev–Trinajstić information content (AvgIpc) is 2.34. The monoisotopic (exact) mass is 296 g/mol. The number of rotatable bonds is 2. The van der Waals surface area contributed by atoms with Crippen LogP contribution in [0.5, 0.6) is 11.5 Å². The highest BCUT2D eigenvalue weighted by molar-refractivity contribution is 6.37. The smallest absolute Gasteiger partial charge is 0.164 e. The average molecular weight is 297 g/mol. The molecule has 0 spiro atoms. The molecule has 19 heavy (non-hydrogen) atoms. The van der Waals surface area contributed by atoms with Crippen molar-refractivity contribution in [3.63, 3.8) is 0 Å². The summed E-state index contributed by atoms with van der Waals surface area (Å²) >= 11 is 11.9. The fraction of sp³-hybridized carbons (Fsp3) is 0. The normalized spacial score (nSPS) is 10.0. The van der Waals surface area contributed by atoms with Crippen molar-refractivity contribution in [1.82, 2.24) is 0 Å². The Bertz CT molecular complexity index is 660. The molecule has 3 nitrogen and oxygen atoms in total. The Morgan fingerprint density at radius 3 is 2.42 bits per heavy atom. The number of anilines is 1. The van der Waals surface area contributed by atoms with Gasteiger partial charge in [-0.1, -0.05) is 29.3 Å². The number of hydrogen-bond donors (Lipinski definition) is 1. The second kappa shape index (κ2) is 5.35. The van der Waals surface area contributed by atoms with Gasteiger partial charge < -0.3 is 10.5 Å². The lowest BCUT2D eigenvalue weighted by Gasteiger charge is -2.11. The van der Waals surface area contributed by atoms with Crippen LogP contribution in [0.3, 0.4) is 0 Å². The molecule has 0 aliphatic heterocycles. The van der Waals surface area contributed by atoms with Crippen molar-refractivity contribution in [3.8, 4) is 17.6 Å². The molecule has 2 N–H and O–H groups in total. The van der Waals surface area contributed by atoms with Crippen molar-refractivity contribution >= 4 is 28.9 Å². The summed E-state index contributed by atoms with van der Waals surface area (Å²) in [5.74, 6) is -0.515. The zero-order chi connectivity index (χ0) is 14.0. The van der Waals surface area contributed by atoms with Crippen molar-refractivity contribution in [1.29, 1.82) is 5.26 Å². The Morgan fingerprint density at radius 1 is 1.21 bits per heavy atom. The lowest BCUT2D eigenvalue weighted by molar-refractivity contribution is 0.475. The third-order valence-corrected chi connectivity index (χ3v) is 2.88. The predicted octanol–water partition coefficient (Wildman–Crippen LogP) is 4.38. The number of nitriles is 1. The molecule has 0 radical (unpaired) electrons. The van der Waals surface area contributed by atoms with Crippen molar-refractivity contribution in [2.24, 2.45) is 0 Å². The molecule has 2 rings (SSSR count). The number of benzene rings is 2. The van der Waals surface area contributed by atoms with Crippen LogP contribution in [0.4, 0.5) is 10.1 Å². The van der Waals surface area contributed by atoms with E-state index in [9.17, 15) is 4.39 Å². The third kappa shape index (κ3) is 2.73. The van der Waals surface area contributed by atoms with Crippen LogP contribution in [0.25, 0.3) is 0 Å². The van der Waals surface area contributed by atoms with E-state index in [2.05, 4.69) is 0 Å². The van der Waals surface area contributed by atoms with Gasteiger partial charge in [-0.15, -0.1) is 0 Å². The molecular weight excluding hydrogens is 290 g/mol. The van der Waals surface area contributed by atoms with Crippen LogP contribution >= 0.6 is 23.2 Å². The van der Waals surface area contributed by atoms with Crippen LogP contribution < -0.4 is 10.5 Å². The number of nitrogen functional groups attached to an aromatic ring is 1. The molecule has 96 valence electrons. The molecule has 6 heteroatoms. The van der Waals surface area contributed by atoms with Crippen LogP contribution in [0, 0.1) is 17.1 Å². The Hall–Kier alpha value is -1.96. The Morgan fingerprint density at radius 2 is 1.84 bits per heavy atom. The maximum absolute atomic E-state index is 13.4. The molecule has 0 bridgehead atoms. The van der Waals surface area contributed by atoms with E-state index in [1.54, 1.807) is 6.07 Å². The number of hydrogen-bond acceptors (Lipinski definition) is 3. The van der Waals surface area contributed by atoms with Gasteiger partial charge in [0.25, 0.3) is 0 Å². The maximum atomic E-state index is 13.4. The summed E-state index contributed by atoms with van der Waals surface area (Å²) in [6, 6.07) is 8.66. The lowest BCUT2D eigenvalue weighted by atomic mass is 10.2. The van der Waals surface area contributed by atoms with Gasteiger partial charge in [0, 0.05) is 5.69 Å². The van der Waals surface area contributed by atoms with Gasteiger partial charge in [0.2, 0.25) is 0 Å². The lowest BCUT2D eigenvalue weighted by Crippen LogP contribution is -1.94. The zero-order valence-corrected chi connectivity index (χ0v) is 11.0. The minimum absolute atomic E-state index is 0.0380. The van der Waals surface area contributed by atoms with Crippen molar-refractivity contribution < 1.29 is 9.13 Å². The summed E-state index contributed by atoms with van der Waals surface area (Å²) in [5, 5.41) is 9.26. The number of nitrogens with two attached hydrogens (primary N) is 1. The van der Waals surface area contributed by atoms with Crippen LogP contribution in [0.1, 0.15) is 5.56 Å². The Kier molecular flexibility index (Phi) is 3.79. The first kappa shape index (κ1) is 13.5. The minimum atomic E-state index is -0.678. The highest BCUT2D eigenvalue weighted by atomic mass is 35.5. The summed E-state index contributed by atoms with van der Waals surface area (Å²) in [6.07, 6.45) is 0. The summed E-state index contributed by atoms with van der Waals surface area (Å²) in [6.45, 7) is 0. The topological polar surface area (TPSA) is 59.0 Å². The van der Waals surface area contributed by atoms with E-state index >= 15 is 0 Å². The summed E-state index contributed by atoms with van der Waals surface area (Å²) < 4.78 is 18.8. The molecule has 0 amide bonds. The quantitative estimate of drug-likeness (QED) is 0.837. The maximum Gasteiger partial charge on any atom is 0.164 e. The standard InChI is InChI=1S/C13H7Cl2FN2O/c14-9-4-7(18)5-10(15)13(9)19-12-3-1-2-11(16)8(12)6-17/h1-5H,18H2. The van der Waals surface area contributed by atoms with Gasteiger partial charge in [0.05, 0.1) is 10.0 Å². The highest BCUT2D eigenvalue weighted by Gasteiger charge is 2.14. The first-order valence-corrected chi connectivity index (χ1v) is 5.89. The van der Waals surface area contributed by atoms with E-state index in [0.717, 1.165) is 6.07 Å². The molecule has 0 aliphatic rings. The number of ether oxygens (including phenoxy) is 1. The van der Waals surface area contributed by atoms with Crippen LogP contribution in [0.2, 0.25) is 10.0 Å². The first-order chi connectivity index (χ1) is 9.02. The molecule has 0 saturated heterocycles. The summed E-state index contributed by atoms with van der Waals surface area (Å²) in [5.41, 5.74) is 5.73. The molecule has 0 fully saturated rings. The predicted molar refractivity (Wildman–Crippen MR) is 72.1 cm³/mol. The number of nitrogens with zero attached hydrogens (tertiary/aromatic N) is 1. The van der Waals surface area contributed by atoms with Gasteiger partial charge in [-0.2, -0.15) is 5.26 Å². The van der Waals surface area contributed by atoms with E-state index in [0.29, 0.717) is 5.69 Å². The molecule has 0 saturated carbocycles. The van der Waals surface area contributed by atoms with Crippen LogP contribution in [0.15, 0.2) is 30.3 Å².